The molecule has 0 heterocycles. The molecule has 0 saturated carbocycles. The van der Waals surface area contributed by atoms with Gasteiger partial charge in [0, 0.05) is 6.07 Å². The van der Waals surface area contributed by atoms with Crippen molar-refractivity contribution >= 4 is 10.1 Å². The van der Waals surface area contributed by atoms with Crippen LogP contribution in [-0.4, -0.2) is 22.6 Å². The summed E-state index contributed by atoms with van der Waals surface area (Å²) in [6, 6.07) is 6.26. The summed E-state index contributed by atoms with van der Waals surface area (Å²) in [5, 5.41) is 0. The highest BCUT2D eigenvalue weighted by atomic mass is 32.2. The summed E-state index contributed by atoms with van der Waals surface area (Å²) in [6.45, 7) is 1.50. The first-order valence-electron chi connectivity index (χ1n) is 6.93. The molecule has 136 valence electrons. The first-order valence-corrected chi connectivity index (χ1v) is 8.33. The third kappa shape index (κ3) is 4.16. The molecule has 2 rings (SSSR count). The molecule has 0 aromatic heterocycles. The molecule has 0 aliphatic heterocycles. The van der Waals surface area contributed by atoms with Gasteiger partial charge in [-0.05, 0) is 36.8 Å². The molecule has 0 fully saturated rings. The molecule has 0 bridgehead atoms. The summed E-state index contributed by atoms with van der Waals surface area (Å²) in [5.74, 6) is 0.0290. The average molecular weight is 376 g/mol. The number of aryl methyl sites for hydroxylation is 1. The lowest BCUT2D eigenvalue weighted by Gasteiger charge is -2.14. The van der Waals surface area contributed by atoms with Gasteiger partial charge in [-0.25, -0.2) is 0 Å². The maximum absolute atomic E-state index is 12.7. The molecular weight excluding hydrogens is 361 g/mol. The molecule has 2 aromatic rings. The van der Waals surface area contributed by atoms with Gasteiger partial charge in [0.05, 0.1) is 19.8 Å². The predicted molar refractivity (Wildman–Crippen MR) is 83.5 cm³/mol. The monoisotopic (exact) mass is 376 g/mol. The smallest absolute Gasteiger partial charge is 0.416 e. The lowest BCUT2D eigenvalue weighted by atomic mass is 10.2. The predicted octanol–water partition coefficient (Wildman–Crippen LogP) is 3.80. The number of halogens is 3. The van der Waals surface area contributed by atoms with E-state index in [2.05, 4.69) is 0 Å². The van der Waals surface area contributed by atoms with Crippen molar-refractivity contribution in [3.63, 3.8) is 0 Å². The number of rotatable bonds is 5. The van der Waals surface area contributed by atoms with Gasteiger partial charge in [0.15, 0.2) is 11.5 Å². The van der Waals surface area contributed by atoms with Gasteiger partial charge < -0.3 is 13.7 Å². The zero-order chi connectivity index (χ0) is 18.8. The summed E-state index contributed by atoms with van der Waals surface area (Å²) in [7, 11) is -1.64. The Bertz CT molecular complexity index is 876. The van der Waals surface area contributed by atoms with Crippen LogP contribution in [-0.2, 0) is 16.3 Å². The molecule has 0 N–H and O–H groups in total. The molecule has 0 unspecified atom stereocenters. The minimum atomic E-state index is -4.61. The first-order chi connectivity index (χ1) is 11.6. The van der Waals surface area contributed by atoms with Crippen LogP contribution in [0.4, 0.5) is 13.2 Å². The van der Waals surface area contributed by atoms with Crippen molar-refractivity contribution in [2.45, 2.75) is 18.0 Å². The van der Waals surface area contributed by atoms with Gasteiger partial charge >= 0.3 is 16.3 Å². The standard InChI is InChI=1S/C16H15F3O5S/c1-10-7-13(22-2)14(23-3)9-15(10)25(20,21)24-12-6-4-5-11(8-12)16(17,18)19/h4-9H,1-3H3. The highest BCUT2D eigenvalue weighted by molar-refractivity contribution is 7.87. The van der Waals surface area contributed by atoms with Crippen LogP contribution in [0.1, 0.15) is 11.1 Å². The SMILES string of the molecule is COc1cc(C)c(S(=O)(=O)Oc2cccc(C(F)(F)F)c2)cc1OC. The molecule has 0 amide bonds. The Hall–Kier alpha value is -2.42. The lowest BCUT2D eigenvalue weighted by molar-refractivity contribution is -0.137. The van der Waals surface area contributed by atoms with E-state index < -0.39 is 27.6 Å². The Labute approximate surface area is 143 Å². The van der Waals surface area contributed by atoms with E-state index in [0.29, 0.717) is 17.4 Å². The maximum atomic E-state index is 12.7. The van der Waals surface area contributed by atoms with Crippen LogP contribution < -0.4 is 13.7 Å². The number of ether oxygens (including phenoxy) is 2. The third-order valence-electron chi connectivity index (χ3n) is 3.32. The highest BCUT2D eigenvalue weighted by Gasteiger charge is 2.31. The Morgan fingerprint density at radius 2 is 1.56 bits per heavy atom. The molecule has 5 nitrogen and oxygen atoms in total. The van der Waals surface area contributed by atoms with E-state index in [9.17, 15) is 21.6 Å². The third-order valence-corrected chi connectivity index (χ3v) is 4.71. The second-order valence-electron chi connectivity index (χ2n) is 5.04. The van der Waals surface area contributed by atoms with Crippen molar-refractivity contribution in [2.75, 3.05) is 14.2 Å². The summed E-state index contributed by atoms with van der Waals surface area (Å²) >= 11 is 0. The Morgan fingerprint density at radius 3 is 2.12 bits per heavy atom. The van der Waals surface area contributed by atoms with Crippen molar-refractivity contribution in [2.24, 2.45) is 0 Å². The zero-order valence-electron chi connectivity index (χ0n) is 13.5. The van der Waals surface area contributed by atoms with E-state index >= 15 is 0 Å². The van der Waals surface area contributed by atoms with Crippen molar-refractivity contribution in [3.8, 4) is 17.2 Å². The molecule has 2 aromatic carbocycles. The second-order valence-corrected chi connectivity index (χ2v) is 6.55. The molecule has 0 aliphatic rings. The van der Waals surface area contributed by atoms with E-state index in [4.69, 9.17) is 13.7 Å². The van der Waals surface area contributed by atoms with E-state index in [0.717, 1.165) is 18.2 Å². The van der Waals surface area contributed by atoms with Crippen LogP contribution >= 0.6 is 0 Å². The van der Waals surface area contributed by atoms with Crippen LogP contribution in [0, 0.1) is 6.92 Å². The fraction of sp³-hybridized carbons (Fsp3) is 0.250. The molecule has 0 saturated heterocycles. The van der Waals surface area contributed by atoms with E-state index in [1.165, 1.54) is 33.3 Å². The van der Waals surface area contributed by atoms with E-state index in [1.807, 2.05) is 0 Å². The van der Waals surface area contributed by atoms with Crippen LogP contribution in [0.2, 0.25) is 0 Å². The molecule has 0 aliphatic carbocycles. The molecule has 9 heteroatoms. The number of hydrogen-bond acceptors (Lipinski definition) is 5. The minimum absolute atomic E-state index is 0.152. The molecule has 25 heavy (non-hydrogen) atoms. The zero-order valence-corrected chi connectivity index (χ0v) is 14.4. The molecule has 0 spiro atoms. The van der Waals surface area contributed by atoms with Crippen molar-refractivity contribution in [1.82, 2.24) is 0 Å². The maximum Gasteiger partial charge on any atom is 0.416 e. The van der Waals surface area contributed by atoms with Gasteiger partial charge in [-0.15, -0.1) is 0 Å². The average Bonchev–Trinajstić information content (AvgIpc) is 2.53. The fourth-order valence-corrected chi connectivity index (χ4v) is 3.28. The van der Waals surface area contributed by atoms with Gasteiger partial charge in [-0.3, -0.25) is 0 Å². The normalized spacial score (nSPS) is 11.9. The largest absolute Gasteiger partial charge is 0.493 e. The summed E-state index contributed by atoms with van der Waals surface area (Å²) in [6.07, 6.45) is -4.61. The Kier molecular flexibility index (Phi) is 5.17. The van der Waals surface area contributed by atoms with Crippen LogP contribution in [0.5, 0.6) is 17.2 Å². The van der Waals surface area contributed by atoms with E-state index in [1.54, 1.807) is 0 Å². The fourth-order valence-electron chi connectivity index (χ4n) is 2.13. The van der Waals surface area contributed by atoms with Gasteiger partial charge in [0.25, 0.3) is 0 Å². The van der Waals surface area contributed by atoms with Crippen LogP contribution in [0.3, 0.4) is 0 Å². The minimum Gasteiger partial charge on any atom is -0.493 e. The number of hydrogen-bond donors (Lipinski definition) is 0. The highest BCUT2D eigenvalue weighted by Crippen LogP contribution is 2.35. The van der Waals surface area contributed by atoms with E-state index in [-0.39, 0.29) is 10.6 Å². The van der Waals surface area contributed by atoms with Gasteiger partial charge in [0.2, 0.25) is 0 Å². The van der Waals surface area contributed by atoms with Crippen LogP contribution in [0.25, 0.3) is 0 Å². The summed E-state index contributed by atoms with van der Waals surface area (Å²) in [4.78, 5) is -0.234. The van der Waals surface area contributed by atoms with Crippen molar-refractivity contribution in [1.29, 1.82) is 0 Å². The number of alkyl halides is 3. The van der Waals surface area contributed by atoms with Gasteiger partial charge in [-0.1, -0.05) is 6.07 Å². The number of methoxy groups -OCH3 is 2. The topological polar surface area (TPSA) is 61.8 Å². The molecule has 0 atom stereocenters. The van der Waals surface area contributed by atoms with Crippen LogP contribution in [0.15, 0.2) is 41.3 Å². The van der Waals surface area contributed by atoms with Crippen molar-refractivity contribution in [3.05, 3.63) is 47.5 Å². The summed E-state index contributed by atoms with van der Waals surface area (Å²) in [5.41, 5.74) is -0.714. The van der Waals surface area contributed by atoms with Crippen molar-refractivity contribution < 1.29 is 35.2 Å². The molecular formula is C16H15F3O5S. The Balaban J connectivity index is 2.44. The van der Waals surface area contributed by atoms with Gasteiger partial charge in [0.1, 0.15) is 10.6 Å². The number of benzene rings is 2. The Morgan fingerprint density at radius 1 is 0.960 bits per heavy atom. The first kappa shape index (κ1) is 18.9. The molecule has 0 radical (unpaired) electrons. The van der Waals surface area contributed by atoms with Gasteiger partial charge in [-0.2, -0.15) is 21.6 Å². The lowest BCUT2D eigenvalue weighted by Crippen LogP contribution is -2.13. The quantitative estimate of drug-likeness (QED) is 0.743. The second kappa shape index (κ2) is 6.83. The summed E-state index contributed by atoms with van der Waals surface area (Å²) < 4.78 is 78.1.